The molecule has 34 heavy (non-hydrogen) atoms. The van der Waals surface area contributed by atoms with Crippen LogP contribution < -0.4 is 19.6 Å². The van der Waals surface area contributed by atoms with Crippen LogP contribution in [0.25, 0.3) is 11.8 Å². The fourth-order valence-corrected chi connectivity index (χ4v) is 5.93. The van der Waals surface area contributed by atoms with Crippen LogP contribution in [0.4, 0.5) is 0 Å². The Bertz CT molecular complexity index is 1640. The molecule has 0 amide bonds. The summed E-state index contributed by atoms with van der Waals surface area (Å²) in [5.74, 6) is 0.887. The highest BCUT2D eigenvalue weighted by molar-refractivity contribution is 7.07. The number of benzene rings is 3. The summed E-state index contributed by atoms with van der Waals surface area (Å²) in [5.41, 5.74) is 5.92. The minimum absolute atomic E-state index is 0.117. The maximum atomic E-state index is 13.8. The van der Waals surface area contributed by atoms with E-state index in [4.69, 9.17) is 9.73 Å². The van der Waals surface area contributed by atoms with Crippen molar-refractivity contribution in [3.8, 4) is 11.5 Å². The first-order chi connectivity index (χ1) is 16.7. The van der Waals surface area contributed by atoms with Crippen LogP contribution >= 0.6 is 11.3 Å². The SMILES string of the molecule is COc1ccccc1[C@@H]1C2=C(N=c3s/c(=C\c4ccccc4O)c(=O)n31)c1ccccc1CC2. The molecule has 168 valence electrons. The van der Waals surface area contributed by atoms with Crippen LogP contribution in [0.3, 0.4) is 0 Å². The molecule has 1 atom stereocenters. The summed E-state index contributed by atoms with van der Waals surface area (Å²) in [6, 6.07) is 23.0. The standard InChI is InChI=1S/C28H22N2O3S/c1-33-23-13-7-5-11-20(23)26-21-15-14-17-8-2-4-10-19(17)25(21)29-28-30(26)27(32)24(34-28)16-18-9-3-6-12-22(18)31/h2-13,16,26,31H,14-15H2,1H3/b24-16-/t26-/m1/s1. The Labute approximate surface area is 200 Å². The number of fused-ring (bicyclic) bond motifs is 3. The third-order valence-corrected chi connectivity index (χ3v) is 7.51. The van der Waals surface area contributed by atoms with Gasteiger partial charge in [0.1, 0.15) is 11.5 Å². The van der Waals surface area contributed by atoms with E-state index in [9.17, 15) is 9.90 Å². The third kappa shape index (κ3) is 3.22. The lowest BCUT2D eigenvalue weighted by molar-refractivity contribution is 0.402. The van der Waals surface area contributed by atoms with Gasteiger partial charge in [0.2, 0.25) is 0 Å². The van der Waals surface area contributed by atoms with Gasteiger partial charge in [-0.25, -0.2) is 4.99 Å². The van der Waals surface area contributed by atoms with Gasteiger partial charge in [0, 0.05) is 16.7 Å². The lowest BCUT2D eigenvalue weighted by Crippen LogP contribution is -2.39. The highest BCUT2D eigenvalue weighted by atomic mass is 32.1. The molecule has 0 fully saturated rings. The van der Waals surface area contributed by atoms with Gasteiger partial charge in [-0.15, -0.1) is 0 Å². The number of rotatable bonds is 3. The lowest BCUT2D eigenvalue weighted by Gasteiger charge is -2.31. The van der Waals surface area contributed by atoms with Crippen LogP contribution in [0.2, 0.25) is 0 Å². The van der Waals surface area contributed by atoms with Gasteiger partial charge in [0.25, 0.3) is 5.56 Å². The van der Waals surface area contributed by atoms with E-state index in [0.29, 0.717) is 14.9 Å². The van der Waals surface area contributed by atoms with Gasteiger partial charge in [-0.05, 0) is 42.2 Å². The van der Waals surface area contributed by atoms with Crippen LogP contribution in [0, 0.1) is 0 Å². The number of phenolic OH excluding ortho intramolecular Hbond substituents is 1. The Morgan fingerprint density at radius 2 is 1.79 bits per heavy atom. The summed E-state index contributed by atoms with van der Waals surface area (Å²) in [5, 5.41) is 10.3. The number of aromatic nitrogens is 1. The molecule has 0 saturated heterocycles. The van der Waals surface area contributed by atoms with Gasteiger partial charge in [-0.2, -0.15) is 0 Å². The van der Waals surface area contributed by atoms with Crippen LogP contribution in [-0.2, 0) is 6.42 Å². The molecule has 2 heterocycles. The average Bonchev–Trinajstić information content (AvgIpc) is 3.18. The van der Waals surface area contributed by atoms with E-state index >= 15 is 0 Å². The van der Waals surface area contributed by atoms with Crippen molar-refractivity contribution in [3.63, 3.8) is 0 Å². The summed E-state index contributed by atoms with van der Waals surface area (Å²) in [4.78, 5) is 19.4. The monoisotopic (exact) mass is 466 g/mol. The Hall–Kier alpha value is -3.90. The molecule has 4 aromatic rings. The number of para-hydroxylation sites is 2. The molecule has 1 aliphatic heterocycles. The molecule has 0 saturated carbocycles. The zero-order valence-corrected chi connectivity index (χ0v) is 19.4. The number of methoxy groups -OCH3 is 1. The minimum Gasteiger partial charge on any atom is -0.507 e. The van der Waals surface area contributed by atoms with Crippen molar-refractivity contribution in [1.82, 2.24) is 4.57 Å². The average molecular weight is 467 g/mol. The summed E-state index contributed by atoms with van der Waals surface area (Å²) >= 11 is 1.35. The van der Waals surface area contributed by atoms with E-state index in [1.807, 2.05) is 36.4 Å². The number of allylic oxidation sites excluding steroid dienone is 1. The number of hydrogen-bond donors (Lipinski definition) is 1. The second kappa shape index (κ2) is 8.15. The normalized spacial score (nSPS) is 17.0. The number of aryl methyl sites for hydroxylation is 1. The predicted molar refractivity (Wildman–Crippen MR) is 134 cm³/mol. The lowest BCUT2D eigenvalue weighted by atomic mass is 9.83. The van der Waals surface area contributed by atoms with Crippen molar-refractivity contribution in [2.45, 2.75) is 18.9 Å². The molecular weight excluding hydrogens is 444 g/mol. The topological polar surface area (TPSA) is 63.8 Å². The van der Waals surface area contributed by atoms with E-state index in [1.54, 1.807) is 36.0 Å². The summed E-state index contributed by atoms with van der Waals surface area (Å²) in [6.07, 6.45) is 3.47. The van der Waals surface area contributed by atoms with Crippen molar-refractivity contribution in [3.05, 3.63) is 120 Å². The van der Waals surface area contributed by atoms with Crippen molar-refractivity contribution >= 4 is 23.1 Å². The molecule has 1 aromatic heterocycles. The Balaban J connectivity index is 1.66. The molecular formula is C28H22N2O3S. The first-order valence-corrected chi connectivity index (χ1v) is 12.0. The highest BCUT2D eigenvalue weighted by Crippen LogP contribution is 2.43. The predicted octanol–water partition coefficient (Wildman–Crippen LogP) is 4.03. The second-order valence-electron chi connectivity index (χ2n) is 8.41. The van der Waals surface area contributed by atoms with E-state index < -0.39 is 0 Å². The molecule has 2 aliphatic rings. The largest absolute Gasteiger partial charge is 0.507 e. The summed E-state index contributed by atoms with van der Waals surface area (Å²) in [7, 11) is 1.66. The van der Waals surface area contributed by atoms with Crippen molar-refractivity contribution in [1.29, 1.82) is 0 Å². The quantitative estimate of drug-likeness (QED) is 0.496. The fraction of sp³-hybridized carbons (Fsp3) is 0.143. The van der Waals surface area contributed by atoms with Gasteiger partial charge in [-0.1, -0.05) is 72.0 Å². The number of thiazole rings is 1. The van der Waals surface area contributed by atoms with Gasteiger partial charge in [-0.3, -0.25) is 9.36 Å². The van der Waals surface area contributed by atoms with Crippen LogP contribution in [0.1, 0.15) is 34.7 Å². The first kappa shape index (κ1) is 20.7. The number of ether oxygens (including phenoxy) is 1. The van der Waals surface area contributed by atoms with Gasteiger partial charge in [0.15, 0.2) is 4.80 Å². The number of nitrogens with zero attached hydrogens (tertiary/aromatic N) is 2. The summed E-state index contributed by atoms with van der Waals surface area (Å²) < 4.78 is 8.04. The van der Waals surface area contributed by atoms with E-state index in [2.05, 4.69) is 18.2 Å². The van der Waals surface area contributed by atoms with Crippen molar-refractivity contribution in [2.24, 2.45) is 4.99 Å². The minimum atomic E-state index is -0.303. The zero-order valence-electron chi connectivity index (χ0n) is 18.6. The molecule has 6 heteroatoms. The first-order valence-electron chi connectivity index (χ1n) is 11.2. The molecule has 1 N–H and O–H groups in total. The Kier molecular flexibility index (Phi) is 4.96. The van der Waals surface area contributed by atoms with Crippen molar-refractivity contribution < 1.29 is 9.84 Å². The van der Waals surface area contributed by atoms with E-state index in [1.165, 1.54) is 16.9 Å². The zero-order chi connectivity index (χ0) is 23.2. The van der Waals surface area contributed by atoms with Gasteiger partial charge in [0.05, 0.1) is 23.4 Å². The summed E-state index contributed by atoms with van der Waals surface area (Å²) in [6.45, 7) is 0. The van der Waals surface area contributed by atoms with Crippen LogP contribution in [-0.4, -0.2) is 16.8 Å². The number of aromatic hydroxyl groups is 1. The van der Waals surface area contributed by atoms with Crippen molar-refractivity contribution in [2.75, 3.05) is 7.11 Å². The Morgan fingerprint density at radius 3 is 2.65 bits per heavy atom. The molecule has 5 nitrogen and oxygen atoms in total. The highest BCUT2D eigenvalue weighted by Gasteiger charge is 2.33. The molecule has 0 bridgehead atoms. The molecule has 3 aromatic carbocycles. The van der Waals surface area contributed by atoms with Gasteiger partial charge >= 0.3 is 0 Å². The van der Waals surface area contributed by atoms with Crippen LogP contribution in [0.15, 0.2) is 88.2 Å². The van der Waals surface area contributed by atoms with E-state index in [-0.39, 0.29) is 17.4 Å². The van der Waals surface area contributed by atoms with Gasteiger partial charge < -0.3 is 9.84 Å². The molecule has 6 rings (SSSR count). The third-order valence-electron chi connectivity index (χ3n) is 6.53. The maximum absolute atomic E-state index is 13.8. The number of phenols is 1. The molecule has 0 unspecified atom stereocenters. The molecule has 0 spiro atoms. The second-order valence-corrected chi connectivity index (χ2v) is 9.42. The number of hydrogen-bond acceptors (Lipinski definition) is 5. The molecule has 1 aliphatic carbocycles. The molecule has 0 radical (unpaired) electrons. The maximum Gasteiger partial charge on any atom is 0.271 e. The smallest absolute Gasteiger partial charge is 0.271 e. The van der Waals surface area contributed by atoms with Crippen LogP contribution in [0.5, 0.6) is 11.5 Å². The Morgan fingerprint density at radius 1 is 1.03 bits per heavy atom. The van der Waals surface area contributed by atoms with E-state index in [0.717, 1.165) is 41.0 Å². The fourth-order valence-electron chi connectivity index (χ4n) is 4.94.